The SMILES string of the molecule is COCC(=O)Cc1ccc(-c2sc3c(c2CN2CCOCC2)c(=O)n(-c2ccc(OC)nn2)c(=O)n3Cc2c(F)cccc2F)cc1. The van der Waals surface area contributed by atoms with Crippen LogP contribution in [0.5, 0.6) is 5.88 Å². The van der Waals surface area contributed by atoms with Crippen molar-refractivity contribution in [1.29, 1.82) is 0 Å². The number of carbonyl (C=O) groups excluding carboxylic acids is 1. The molecule has 2 aromatic carbocycles. The van der Waals surface area contributed by atoms with E-state index in [2.05, 4.69) is 15.1 Å². The predicted octanol–water partition coefficient (Wildman–Crippen LogP) is 3.60. The fourth-order valence-electron chi connectivity index (χ4n) is 5.57. The Morgan fingerprint density at radius 3 is 2.30 bits per heavy atom. The van der Waals surface area contributed by atoms with E-state index in [-0.39, 0.29) is 46.3 Å². The quantitative estimate of drug-likeness (QED) is 0.209. The van der Waals surface area contributed by atoms with E-state index in [0.29, 0.717) is 43.3 Å². The number of halogens is 2. The van der Waals surface area contributed by atoms with Gasteiger partial charge in [0, 0.05) is 49.7 Å². The summed E-state index contributed by atoms with van der Waals surface area (Å²) >= 11 is 1.19. The molecule has 14 heteroatoms. The van der Waals surface area contributed by atoms with Crippen LogP contribution >= 0.6 is 11.3 Å². The highest BCUT2D eigenvalue weighted by Gasteiger charge is 2.27. The summed E-state index contributed by atoms with van der Waals surface area (Å²) in [5, 5.41) is 8.22. The first-order valence-corrected chi connectivity index (χ1v) is 15.6. The van der Waals surface area contributed by atoms with Gasteiger partial charge in [-0.1, -0.05) is 30.3 Å². The van der Waals surface area contributed by atoms with Crippen LogP contribution in [0, 0.1) is 11.6 Å². The van der Waals surface area contributed by atoms with Gasteiger partial charge in [-0.25, -0.2) is 18.1 Å². The van der Waals surface area contributed by atoms with E-state index in [0.717, 1.165) is 27.8 Å². The molecule has 6 rings (SSSR count). The second-order valence-electron chi connectivity index (χ2n) is 11.0. The third kappa shape index (κ3) is 6.63. The van der Waals surface area contributed by atoms with Crippen molar-refractivity contribution in [3.63, 3.8) is 0 Å². The molecule has 244 valence electrons. The first-order valence-electron chi connectivity index (χ1n) is 14.8. The fraction of sp³-hybridized carbons (Fsp3) is 0.303. The standard InChI is InChI=1S/C33H31F2N5O6S/c1-44-19-22(41)16-20-6-8-21(9-7-20)30-24(17-38-12-14-46-15-13-38)29-31(42)40(27-10-11-28(45-2)37-36-27)33(43)39(32(29)47-30)18-23-25(34)4-3-5-26(23)35/h3-11H,12-19H2,1-2H3. The minimum absolute atomic E-state index is 0.00669. The van der Waals surface area contributed by atoms with Crippen molar-refractivity contribution in [3.05, 3.63) is 104 Å². The molecule has 0 amide bonds. The zero-order valence-corrected chi connectivity index (χ0v) is 26.5. The molecule has 0 saturated carbocycles. The summed E-state index contributed by atoms with van der Waals surface area (Å²) in [4.78, 5) is 43.8. The fourth-order valence-corrected chi connectivity index (χ4v) is 6.88. The Morgan fingerprint density at radius 2 is 1.66 bits per heavy atom. The van der Waals surface area contributed by atoms with Crippen LogP contribution in [0.4, 0.5) is 8.78 Å². The van der Waals surface area contributed by atoms with Crippen LogP contribution in [0.2, 0.25) is 0 Å². The van der Waals surface area contributed by atoms with Gasteiger partial charge in [-0.05, 0) is 34.9 Å². The van der Waals surface area contributed by atoms with Gasteiger partial charge in [0.1, 0.15) is 23.1 Å². The molecule has 0 radical (unpaired) electrons. The Hall–Kier alpha value is -4.63. The summed E-state index contributed by atoms with van der Waals surface area (Å²) in [7, 11) is 2.88. The lowest BCUT2D eigenvalue weighted by molar-refractivity contribution is -0.121. The Morgan fingerprint density at radius 1 is 0.936 bits per heavy atom. The van der Waals surface area contributed by atoms with Crippen LogP contribution in [0.25, 0.3) is 26.5 Å². The average Bonchev–Trinajstić information content (AvgIpc) is 3.44. The van der Waals surface area contributed by atoms with Gasteiger partial charge in [-0.3, -0.25) is 19.1 Å². The van der Waals surface area contributed by atoms with Gasteiger partial charge in [0.05, 0.1) is 32.3 Å². The molecule has 1 aliphatic heterocycles. The van der Waals surface area contributed by atoms with Crippen LogP contribution in [-0.2, 0) is 33.8 Å². The smallest absolute Gasteiger partial charge is 0.338 e. The van der Waals surface area contributed by atoms with Crippen molar-refractivity contribution in [2.45, 2.75) is 19.5 Å². The molecule has 0 bridgehead atoms. The maximum atomic E-state index is 15.0. The number of nitrogens with zero attached hydrogens (tertiary/aromatic N) is 5. The van der Waals surface area contributed by atoms with Crippen LogP contribution in [0.15, 0.2) is 64.2 Å². The first kappa shape index (κ1) is 32.3. The first-order chi connectivity index (χ1) is 22.8. The number of morpholine rings is 1. The average molecular weight is 664 g/mol. The van der Waals surface area contributed by atoms with E-state index in [1.165, 1.54) is 48.3 Å². The number of hydrogen-bond acceptors (Lipinski definition) is 10. The van der Waals surface area contributed by atoms with Crippen molar-refractivity contribution in [3.8, 4) is 22.1 Å². The molecule has 0 N–H and O–H groups in total. The van der Waals surface area contributed by atoms with Crippen molar-refractivity contribution < 1.29 is 27.8 Å². The number of hydrogen-bond donors (Lipinski definition) is 0. The molecule has 4 heterocycles. The van der Waals surface area contributed by atoms with Gasteiger partial charge >= 0.3 is 5.69 Å². The highest BCUT2D eigenvalue weighted by Crippen LogP contribution is 2.38. The van der Waals surface area contributed by atoms with Crippen LogP contribution in [-0.4, -0.2) is 77.1 Å². The lowest BCUT2D eigenvalue weighted by atomic mass is 10.0. The summed E-state index contributed by atoms with van der Waals surface area (Å²) in [6.07, 6.45) is 0.197. The summed E-state index contributed by atoms with van der Waals surface area (Å²) in [5.74, 6) is -1.61. The lowest BCUT2D eigenvalue weighted by Crippen LogP contribution is -2.40. The number of thiophene rings is 1. The van der Waals surface area contributed by atoms with Crippen LogP contribution < -0.4 is 16.0 Å². The Bertz CT molecular complexity index is 2020. The van der Waals surface area contributed by atoms with Gasteiger partial charge < -0.3 is 14.2 Å². The van der Waals surface area contributed by atoms with Gasteiger partial charge in [0.25, 0.3) is 5.56 Å². The number of fused-ring (bicyclic) bond motifs is 1. The number of methoxy groups -OCH3 is 2. The lowest BCUT2D eigenvalue weighted by Gasteiger charge is -2.26. The molecule has 5 aromatic rings. The number of rotatable bonds is 11. The highest BCUT2D eigenvalue weighted by molar-refractivity contribution is 7.22. The third-order valence-corrected chi connectivity index (χ3v) is 9.23. The van der Waals surface area contributed by atoms with Crippen molar-refractivity contribution in [1.82, 2.24) is 24.2 Å². The molecular weight excluding hydrogens is 632 g/mol. The third-order valence-electron chi connectivity index (χ3n) is 7.92. The number of aromatic nitrogens is 4. The second-order valence-corrected chi connectivity index (χ2v) is 12.0. The molecule has 0 spiro atoms. The van der Waals surface area contributed by atoms with Crippen LogP contribution in [0.3, 0.4) is 0 Å². The van der Waals surface area contributed by atoms with Crippen molar-refractivity contribution in [2.24, 2.45) is 0 Å². The maximum absolute atomic E-state index is 15.0. The van der Waals surface area contributed by atoms with E-state index in [1.807, 2.05) is 24.3 Å². The number of ketones is 1. The molecule has 0 atom stereocenters. The van der Waals surface area contributed by atoms with Crippen LogP contribution in [0.1, 0.15) is 16.7 Å². The Balaban J connectivity index is 1.60. The van der Waals surface area contributed by atoms with Gasteiger partial charge in [-0.15, -0.1) is 21.5 Å². The van der Waals surface area contributed by atoms with E-state index in [1.54, 1.807) is 0 Å². The van der Waals surface area contributed by atoms with E-state index in [9.17, 15) is 23.2 Å². The molecule has 0 aliphatic carbocycles. The summed E-state index contributed by atoms with van der Waals surface area (Å²) in [5.41, 5.74) is 0.405. The molecule has 1 saturated heterocycles. The minimum Gasteiger partial charge on any atom is -0.480 e. The van der Waals surface area contributed by atoms with Gasteiger partial charge in [0.2, 0.25) is 5.88 Å². The predicted molar refractivity (Wildman–Crippen MR) is 171 cm³/mol. The monoisotopic (exact) mass is 663 g/mol. The number of Topliss-reactive ketones (excluding diaryl/α,β-unsaturated/α-hetero) is 1. The summed E-state index contributed by atoms with van der Waals surface area (Å²) in [6.45, 7) is 2.16. The molecule has 1 aliphatic rings. The molecule has 3 aromatic heterocycles. The Labute approximate surface area is 271 Å². The normalized spacial score (nSPS) is 13.7. The number of benzene rings is 2. The topological polar surface area (TPSA) is 118 Å². The largest absolute Gasteiger partial charge is 0.480 e. The van der Waals surface area contributed by atoms with Gasteiger partial charge in [0.15, 0.2) is 11.6 Å². The zero-order chi connectivity index (χ0) is 33.1. The molecular formula is C33H31F2N5O6S. The zero-order valence-electron chi connectivity index (χ0n) is 25.7. The summed E-state index contributed by atoms with van der Waals surface area (Å²) < 4.78 is 47.6. The maximum Gasteiger partial charge on any atom is 0.338 e. The van der Waals surface area contributed by atoms with E-state index >= 15 is 0 Å². The number of carbonyl (C=O) groups is 1. The van der Waals surface area contributed by atoms with E-state index in [4.69, 9.17) is 14.2 Å². The van der Waals surface area contributed by atoms with Crippen molar-refractivity contribution >= 4 is 27.3 Å². The number of ether oxygens (including phenoxy) is 3. The van der Waals surface area contributed by atoms with E-state index < -0.39 is 29.4 Å². The molecule has 11 nitrogen and oxygen atoms in total. The molecule has 1 fully saturated rings. The second kappa shape index (κ2) is 14.0. The molecule has 0 unspecified atom stereocenters. The highest BCUT2D eigenvalue weighted by atomic mass is 32.1. The molecule has 47 heavy (non-hydrogen) atoms. The Kier molecular flexibility index (Phi) is 9.63. The van der Waals surface area contributed by atoms with Gasteiger partial charge in [-0.2, -0.15) is 0 Å². The summed E-state index contributed by atoms with van der Waals surface area (Å²) in [6, 6.07) is 13.8. The minimum atomic E-state index is -0.831. The van der Waals surface area contributed by atoms with Crippen molar-refractivity contribution in [2.75, 3.05) is 47.1 Å².